The molecule has 3 aromatic rings. The largest absolute Gasteiger partial charge is 0.497 e. The molecular formula is C17H17N3O3S. The van der Waals surface area contributed by atoms with Crippen LogP contribution in [0.25, 0.3) is 10.9 Å². The van der Waals surface area contributed by atoms with E-state index in [0.717, 1.165) is 22.2 Å². The average Bonchev–Trinajstić information content (AvgIpc) is 2.90. The third-order valence-electron chi connectivity index (χ3n) is 3.68. The Morgan fingerprint density at radius 2 is 1.83 bits per heavy atom. The Balaban J connectivity index is 1.82. The molecule has 0 saturated carbocycles. The van der Waals surface area contributed by atoms with Gasteiger partial charge in [0.2, 0.25) is 0 Å². The van der Waals surface area contributed by atoms with E-state index >= 15 is 0 Å². The predicted octanol–water partition coefficient (Wildman–Crippen LogP) is 2.80. The zero-order chi connectivity index (χ0) is 17.2. The van der Waals surface area contributed by atoms with E-state index < -0.39 is 10.0 Å². The van der Waals surface area contributed by atoms with Crippen LogP contribution < -0.4 is 9.57 Å². The second kappa shape index (κ2) is 6.37. The highest BCUT2D eigenvalue weighted by molar-refractivity contribution is 7.89. The highest BCUT2D eigenvalue weighted by Gasteiger charge is 2.13. The predicted molar refractivity (Wildman–Crippen MR) is 93.9 cm³/mol. The molecule has 0 spiro atoms. The standard InChI is InChI=1S/C17H17N3O3S/c1-12-16(15-5-3-4-6-17(15)19-12)11-18-20-24(21,22)14-9-7-13(23-2)8-10-14/h3-11,19-20H,1-2H3/b18-11+. The zero-order valence-corrected chi connectivity index (χ0v) is 14.1. The van der Waals surface area contributed by atoms with Crippen molar-refractivity contribution in [2.45, 2.75) is 11.8 Å². The first kappa shape index (κ1) is 16.1. The van der Waals surface area contributed by atoms with Crippen molar-refractivity contribution < 1.29 is 13.2 Å². The van der Waals surface area contributed by atoms with Gasteiger partial charge in [-0.25, -0.2) is 4.83 Å². The van der Waals surface area contributed by atoms with Gasteiger partial charge in [-0.15, -0.1) is 0 Å². The van der Waals surface area contributed by atoms with Crippen LogP contribution >= 0.6 is 0 Å². The molecule has 3 rings (SSSR count). The van der Waals surface area contributed by atoms with E-state index in [1.54, 1.807) is 12.1 Å². The van der Waals surface area contributed by atoms with E-state index in [0.29, 0.717) is 5.75 Å². The number of H-pyrrole nitrogens is 1. The number of methoxy groups -OCH3 is 1. The number of hydrogen-bond donors (Lipinski definition) is 2. The molecule has 1 heterocycles. The number of hydrazone groups is 1. The van der Waals surface area contributed by atoms with Crippen LogP contribution in [-0.2, 0) is 10.0 Å². The summed E-state index contributed by atoms with van der Waals surface area (Å²) < 4.78 is 29.5. The Hall–Kier alpha value is -2.80. The molecule has 0 atom stereocenters. The summed E-state index contributed by atoms with van der Waals surface area (Å²) >= 11 is 0. The summed E-state index contributed by atoms with van der Waals surface area (Å²) in [5.41, 5.74) is 2.75. The Labute approximate surface area is 140 Å². The third kappa shape index (κ3) is 3.11. The van der Waals surface area contributed by atoms with Crippen LogP contribution in [0.3, 0.4) is 0 Å². The first-order valence-corrected chi connectivity index (χ1v) is 8.76. The summed E-state index contributed by atoms with van der Waals surface area (Å²) in [6.07, 6.45) is 1.51. The number of sulfonamides is 1. The van der Waals surface area contributed by atoms with Crippen molar-refractivity contribution in [1.82, 2.24) is 9.82 Å². The molecule has 7 heteroatoms. The summed E-state index contributed by atoms with van der Waals surface area (Å²) in [4.78, 5) is 5.59. The van der Waals surface area contributed by atoms with Gasteiger partial charge >= 0.3 is 0 Å². The molecule has 0 unspecified atom stereocenters. The van der Waals surface area contributed by atoms with Crippen LogP contribution in [0.2, 0.25) is 0 Å². The minimum atomic E-state index is -3.72. The van der Waals surface area contributed by atoms with Crippen LogP contribution in [-0.4, -0.2) is 26.7 Å². The van der Waals surface area contributed by atoms with Gasteiger partial charge in [0.15, 0.2) is 0 Å². The molecule has 24 heavy (non-hydrogen) atoms. The first-order chi connectivity index (χ1) is 11.5. The van der Waals surface area contributed by atoms with Gasteiger partial charge < -0.3 is 9.72 Å². The molecule has 0 fully saturated rings. The molecule has 0 aliphatic heterocycles. The minimum Gasteiger partial charge on any atom is -0.497 e. The SMILES string of the molecule is COc1ccc(S(=O)(=O)N/N=C/c2c(C)[nH]c3ccccc23)cc1. The molecule has 1 aromatic heterocycles. The number of fused-ring (bicyclic) bond motifs is 1. The Morgan fingerprint density at radius 3 is 2.54 bits per heavy atom. The highest BCUT2D eigenvalue weighted by Crippen LogP contribution is 2.20. The van der Waals surface area contributed by atoms with E-state index in [9.17, 15) is 8.42 Å². The van der Waals surface area contributed by atoms with Crippen LogP contribution in [0.1, 0.15) is 11.3 Å². The van der Waals surface area contributed by atoms with E-state index in [-0.39, 0.29) is 4.90 Å². The number of benzene rings is 2. The maximum atomic E-state index is 12.2. The van der Waals surface area contributed by atoms with Crippen molar-refractivity contribution in [1.29, 1.82) is 0 Å². The van der Waals surface area contributed by atoms with Crippen LogP contribution in [0.5, 0.6) is 5.75 Å². The zero-order valence-electron chi connectivity index (χ0n) is 13.3. The van der Waals surface area contributed by atoms with Gasteiger partial charge in [-0.05, 0) is 37.3 Å². The molecule has 0 bridgehead atoms. The summed E-state index contributed by atoms with van der Waals surface area (Å²) in [6.45, 7) is 1.92. The van der Waals surface area contributed by atoms with Gasteiger partial charge in [-0.1, -0.05) is 18.2 Å². The van der Waals surface area contributed by atoms with Gasteiger partial charge in [0.1, 0.15) is 5.75 Å². The number of aromatic nitrogens is 1. The average molecular weight is 343 g/mol. The summed E-state index contributed by atoms with van der Waals surface area (Å²) in [5, 5.41) is 4.89. The topological polar surface area (TPSA) is 83.6 Å². The van der Waals surface area contributed by atoms with Crippen molar-refractivity contribution in [3.8, 4) is 5.75 Å². The number of hydrogen-bond acceptors (Lipinski definition) is 4. The number of rotatable bonds is 5. The molecule has 0 amide bonds. The monoisotopic (exact) mass is 343 g/mol. The summed E-state index contributed by atoms with van der Waals surface area (Å²) in [5.74, 6) is 0.590. The first-order valence-electron chi connectivity index (χ1n) is 7.27. The van der Waals surface area contributed by atoms with E-state index in [2.05, 4.69) is 14.9 Å². The molecular weight excluding hydrogens is 326 g/mol. The van der Waals surface area contributed by atoms with Crippen molar-refractivity contribution in [2.24, 2.45) is 5.10 Å². The van der Waals surface area contributed by atoms with Crippen molar-refractivity contribution in [3.05, 3.63) is 59.8 Å². The fraction of sp³-hybridized carbons (Fsp3) is 0.118. The normalized spacial score (nSPS) is 11.9. The smallest absolute Gasteiger partial charge is 0.276 e. The van der Waals surface area contributed by atoms with E-state index in [1.165, 1.54) is 25.5 Å². The van der Waals surface area contributed by atoms with Crippen molar-refractivity contribution in [2.75, 3.05) is 7.11 Å². The van der Waals surface area contributed by atoms with Gasteiger partial charge in [0.05, 0.1) is 18.2 Å². The number of aromatic amines is 1. The molecule has 0 aliphatic rings. The number of nitrogens with one attached hydrogen (secondary N) is 2. The van der Waals surface area contributed by atoms with Gasteiger partial charge in [0.25, 0.3) is 10.0 Å². The lowest BCUT2D eigenvalue weighted by Crippen LogP contribution is -2.18. The van der Waals surface area contributed by atoms with E-state index in [1.807, 2.05) is 31.2 Å². The minimum absolute atomic E-state index is 0.121. The van der Waals surface area contributed by atoms with E-state index in [4.69, 9.17) is 4.74 Å². The molecule has 0 saturated heterocycles. The molecule has 2 aromatic carbocycles. The second-order valence-electron chi connectivity index (χ2n) is 5.24. The number of aryl methyl sites for hydroxylation is 1. The maximum Gasteiger partial charge on any atom is 0.276 e. The summed E-state index contributed by atoms with van der Waals surface area (Å²) in [6, 6.07) is 13.9. The van der Waals surface area contributed by atoms with Crippen LogP contribution in [0, 0.1) is 6.92 Å². The Morgan fingerprint density at radius 1 is 1.12 bits per heavy atom. The van der Waals surface area contributed by atoms with Crippen molar-refractivity contribution >= 4 is 27.1 Å². The number of para-hydroxylation sites is 1. The Bertz CT molecular complexity index is 990. The number of nitrogens with zero attached hydrogens (tertiary/aromatic N) is 1. The fourth-order valence-electron chi connectivity index (χ4n) is 2.43. The maximum absolute atomic E-state index is 12.2. The number of ether oxygens (including phenoxy) is 1. The molecule has 6 nitrogen and oxygen atoms in total. The lowest BCUT2D eigenvalue weighted by Gasteiger charge is -2.04. The van der Waals surface area contributed by atoms with Crippen molar-refractivity contribution in [3.63, 3.8) is 0 Å². The quantitative estimate of drug-likeness (QED) is 0.552. The lowest BCUT2D eigenvalue weighted by atomic mass is 10.1. The Kier molecular flexibility index (Phi) is 4.26. The molecule has 0 aliphatic carbocycles. The second-order valence-corrected chi connectivity index (χ2v) is 6.90. The van der Waals surface area contributed by atoms with Gasteiger partial charge in [0, 0.05) is 22.2 Å². The van der Waals surface area contributed by atoms with Gasteiger partial charge in [-0.3, -0.25) is 0 Å². The molecule has 2 N–H and O–H groups in total. The van der Waals surface area contributed by atoms with Gasteiger partial charge in [-0.2, -0.15) is 13.5 Å². The van der Waals surface area contributed by atoms with Crippen LogP contribution in [0.4, 0.5) is 0 Å². The third-order valence-corrected chi connectivity index (χ3v) is 4.92. The highest BCUT2D eigenvalue weighted by atomic mass is 32.2. The summed E-state index contributed by atoms with van der Waals surface area (Å²) in [7, 11) is -2.19. The lowest BCUT2D eigenvalue weighted by molar-refractivity contribution is 0.414. The molecule has 124 valence electrons. The molecule has 0 radical (unpaired) electrons. The fourth-order valence-corrected chi connectivity index (χ4v) is 3.22. The van der Waals surface area contributed by atoms with Crippen LogP contribution in [0.15, 0.2) is 58.5 Å².